The Morgan fingerprint density at radius 2 is 2.25 bits per heavy atom. The largest absolute Gasteiger partial charge is 0.478 e. The van der Waals surface area contributed by atoms with E-state index in [9.17, 15) is 4.79 Å². The Bertz CT molecular complexity index is 286. The molecular formula is C8H6Cl2O2. The first-order chi connectivity index (χ1) is 5.74. The Balaban J connectivity index is 2.88. The fourth-order valence-corrected chi connectivity index (χ4v) is 1.01. The van der Waals surface area contributed by atoms with Gasteiger partial charge in [-0.25, -0.2) is 0 Å². The molecule has 0 spiro atoms. The maximum absolute atomic E-state index is 10.7. The minimum Gasteiger partial charge on any atom is -0.478 e. The van der Waals surface area contributed by atoms with E-state index >= 15 is 0 Å². The molecule has 0 unspecified atom stereocenters. The van der Waals surface area contributed by atoms with Gasteiger partial charge >= 0.3 is 0 Å². The molecule has 4 heteroatoms. The highest BCUT2D eigenvalue weighted by atomic mass is 35.5. The van der Waals surface area contributed by atoms with Crippen molar-refractivity contribution in [2.24, 2.45) is 0 Å². The molecule has 0 N–H and O–H groups in total. The molecule has 1 aromatic rings. The van der Waals surface area contributed by atoms with Crippen LogP contribution in [-0.2, 0) is 0 Å². The fourth-order valence-electron chi connectivity index (χ4n) is 0.771. The van der Waals surface area contributed by atoms with E-state index in [4.69, 9.17) is 27.9 Å². The summed E-state index contributed by atoms with van der Waals surface area (Å²) in [4.78, 5) is 10.7. The highest BCUT2D eigenvalue weighted by Gasteiger charge is 2.01. The number of rotatable bonds is 3. The maximum atomic E-state index is 10.7. The minimum absolute atomic E-state index is 0.0555. The van der Waals surface area contributed by atoms with Crippen LogP contribution in [0.25, 0.3) is 0 Å². The van der Waals surface area contributed by atoms with Crippen LogP contribution in [0.5, 0.6) is 5.75 Å². The van der Waals surface area contributed by atoms with Gasteiger partial charge in [0.05, 0.1) is 0 Å². The van der Waals surface area contributed by atoms with Crippen LogP contribution in [0.4, 0.5) is 0 Å². The molecule has 0 amide bonds. The predicted octanol–water partition coefficient (Wildman–Crippen LogP) is 2.64. The quantitative estimate of drug-likeness (QED) is 0.560. The van der Waals surface area contributed by atoms with Crippen LogP contribution in [0.3, 0.4) is 0 Å². The van der Waals surface area contributed by atoms with Gasteiger partial charge in [-0.3, -0.25) is 4.79 Å². The first-order valence-electron chi connectivity index (χ1n) is 3.22. The summed E-state index contributed by atoms with van der Waals surface area (Å²) in [7, 11) is 0. The van der Waals surface area contributed by atoms with Crippen LogP contribution in [0.1, 0.15) is 10.4 Å². The smallest absolute Gasteiger partial charge is 0.252 e. The summed E-state index contributed by atoms with van der Waals surface area (Å²) in [6.07, 6.45) is 0. The third-order valence-corrected chi connectivity index (χ3v) is 1.61. The van der Waals surface area contributed by atoms with Crippen LogP contribution in [0.2, 0.25) is 0 Å². The lowest BCUT2D eigenvalue weighted by Crippen LogP contribution is -1.92. The molecule has 64 valence electrons. The van der Waals surface area contributed by atoms with Gasteiger partial charge in [0.2, 0.25) is 0 Å². The maximum Gasteiger partial charge on any atom is 0.252 e. The second-order valence-corrected chi connectivity index (χ2v) is 2.62. The number of carbonyl (C=O) groups excluding carboxylic acids is 1. The molecule has 0 aromatic heterocycles. The van der Waals surface area contributed by atoms with Gasteiger partial charge in [-0.05, 0) is 29.8 Å². The normalized spacial score (nSPS) is 9.50. The zero-order chi connectivity index (χ0) is 8.97. The number of hydrogen-bond donors (Lipinski definition) is 0. The average Bonchev–Trinajstić information content (AvgIpc) is 2.05. The molecule has 0 aliphatic carbocycles. The van der Waals surface area contributed by atoms with Gasteiger partial charge in [0, 0.05) is 5.56 Å². The molecule has 12 heavy (non-hydrogen) atoms. The van der Waals surface area contributed by atoms with E-state index in [2.05, 4.69) is 0 Å². The minimum atomic E-state index is -0.505. The van der Waals surface area contributed by atoms with Crippen molar-refractivity contribution in [1.82, 2.24) is 0 Å². The van der Waals surface area contributed by atoms with E-state index in [1.807, 2.05) is 0 Å². The van der Waals surface area contributed by atoms with Crippen LogP contribution in [0.15, 0.2) is 24.3 Å². The Morgan fingerprint density at radius 3 is 2.83 bits per heavy atom. The van der Waals surface area contributed by atoms with Gasteiger partial charge in [-0.15, -0.1) is 0 Å². The van der Waals surface area contributed by atoms with Gasteiger partial charge in [-0.2, -0.15) is 0 Å². The van der Waals surface area contributed by atoms with Crippen molar-refractivity contribution in [1.29, 1.82) is 0 Å². The van der Waals surface area contributed by atoms with Crippen molar-refractivity contribution < 1.29 is 9.53 Å². The Labute approximate surface area is 80.0 Å². The molecule has 0 saturated heterocycles. The highest BCUT2D eigenvalue weighted by Crippen LogP contribution is 2.14. The lowest BCUT2D eigenvalue weighted by molar-refractivity contribution is 0.108. The molecule has 0 radical (unpaired) electrons. The zero-order valence-electron chi connectivity index (χ0n) is 6.09. The summed E-state index contributed by atoms with van der Waals surface area (Å²) in [5, 5.41) is -0.505. The molecule has 0 fully saturated rings. The number of alkyl halides is 1. The summed E-state index contributed by atoms with van der Waals surface area (Å²) in [6, 6.07) is 6.58. The third-order valence-electron chi connectivity index (χ3n) is 1.28. The second-order valence-electron chi connectivity index (χ2n) is 2.05. The van der Waals surface area contributed by atoms with Crippen molar-refractivity contribution in [3.8, 4) is 5.75 Å². The third kappa shape index (κ3) is 2.40. The van der Waals surface area contributed by atoms with Gasteiger partial charge in [-0.1, -0.05) is 17.7 Å². The molecule has 0 aliphatic heterocycles. The summed E-state index contributed by atoms with van der Waals surface area (Å²) < 4.78 is 4.95. The van der Waals surface area contributed by atoms with Gasteiger partial charge in [0.1, 0.15) is 5.75 Å². The number of carbonyl (C=O) groups is 1. The lowest BCUT2D eigenvalue weighted by Gasteiger charge is -2.01. The Morgan fingerprint density at radius 1 is 1.50 bits per heavy atom. The first-order valence-corrected chi connectivity index (χ1v) is 4.14. The van der Waals surface area contributed by atoms with Gasteiger partial charge in [0.15, 0.2) is 6.07 Å². The van der Waals surface area contributed by atoms with E-state index in [1.54, 1.807) is 18.2 Å². The zero-order valence-corrected chi connectivity index (χ0v) is 7.60. The molecule has 1 aromatic carbocycles. The molecule has 0 atom stereocenters. The topological polar surface area (TPSA) is 26.3 Å². The molecule has 0 bridgehead atoms. The SMILES string of the molecule is O=C(Cl)c1cccc(OCCl)c1. The van der Waals surface area contributed by atoms with Gasteiger partial charge < -0.3 is 4.74 Å². The Kier molecular flexibility index (Phi) is 3.38. The lowest BCUT2D eigenvalue weighted by atomic mass is 10.2. The molecule has 2 nitrogen and oxygen atoms in total. The molecule has 0 aliphatic rings. The van der Waals surface area contributed by atoms with Crippen molar-refractivity contribution >= 4 is 28.4 Å². The standard InChI is InChI=1S/C8H6Cl2O2/c9-5-12-7-3-1-2-6(4-7)8(10)11/h1-4H,5H2. The monoisotopic (exact) mass is 204 g/mol. The van der Waals surface area contributed by atoms with Crippen molar-refractivity contribution in [2.45, 2.75) is 0 Å². The van der Waals surface area contributed by atoms with Crippen LogP contribution >= 0.6 is 23.2 Å². The molecule has 0 saturated carbocycles. The van der Waals surface area contributed by atoms with E-state index in [0.29, 0.717) is 11.3 Å². The number of benzene rings is 1. The summed E-state index contributed by atoms with van der Waals surface area (Å²) in [5.41, 5.74) is 0.402. The van der Waals surface area contributed by atoms with E-state index in [1.165, 1.54) is 6.07 Å². The van der Waals surface area contributed by atoms with Crippen LogP contribution in [-0.4, -0.2) is 11.3 Å². The molecule has 1 rings (SSSR count). The van der Waals surface area contributed by atoms with Gasteiger partial charge in [0.25, 0.3) is 5.24 Å². The van der Waals surface area contributed by atoms with E-state index < -0.39 is 5.24 Å². The van der Waals surface area contributed by atoms with Crippen LogP contribution in [0, 0.1) is 0 Å². The summed E-state index contributed by atoms with van der Waals surface area (Å²) in [5.74, 6) is 0.538. The number of ether oxygens (including phenoxy) is 1. The summed E-state index contributed by atoms with van der Waals surface area (Å²) in [6.45, 7) is 0. The number of halogens is 2. The Hall–Kier alpha value is -0.730. The average molecular weight is 205 g/mol. The predicted molar refractivity (Wildman–Crippen MR) is 48.0 cm³/mol. The van der Waals surface area contributed by atoms with Crippen molar-refractivity contribution in [2.75, 3.05) is 6.07 Å². The second kappa shape index (κ2) is 4.33. The molecule has 0 heterocycles. The summed E-state index contributed by atoms with van der Waals surface area (Å²) >= 11 is 10.6. The fraction of sp³-hybridized carbons (Fsp3) is 0.125. The van der Waals surface area contributed by atoms with E-state index in [-0.39, 0.29) is 6.07 Å². The molecular weight excluding hydrogens is 199 g/mol. The first kappa shape index (κ1) is 9.36. The highest BCUT2D eigenvalue weighted by molar-refractivity contribution is 6.67. The van der Waals surface area contributed by atoms with Crippen molar-refractivity contribution in [3.05, 3.63) is 29.8 Å². The van der Waals surface area contributed by atoms with E-state index in [0.717, 1.165) is 0 Å². The van der Waals surface area contributed by atoms with Crippen LogP contribution < -0.4 is 4.74 Å². The van der Waals surface area contributed by atoms with Crippen molar-refractivity contribution in [3.63, 3.8) is 0 Å². The number of hydrogen-bond acceptors (Lipinski definition) is 2.